The molecule has 3 aliphatic rings. The van der Waals surface area contributed by atoms with Gasteiger partial charge in [0, 0.05) is 71.3 Å². The fourth-order valence-electron chi connectivity index (χ4n) is 6.37. The summed E-state index contributed by atoms with van der Waals surface area (Å²) in [7, 11) is 0. The molecule has 3 aliphatic heterocycles. The summed E-state index contributed by atoms with van der Waals surface area (Å²) in [6.45, 7) is -0.0245. The van der Waals surface area contributed by atoms with Crippen molar-refractivity contribution in [2.45, 2.75) is 0 Å². The third-order valence-electron chi connectivity index (χ3n) is 7.75. The average molecular weight is 515 g/mol. The number of benzene rings is 3. The SMILES string of the molecule is c1cnc(N2c3cccc4c3B3c5c2cccc5N(c2ncccn2)c2cccc(c23)N4c2ncccn2)nc1. The molecule has 0 N–H and O–H groups in total. The van der Waals surface area contributed by atoms with Gasteiger partial charge in [-0.2, -0.15) is 0 Å². The van der Waals surface area contributed by atoms with E-state index in [9.17, 15) is 0 Å². The molecule has 10 heteroatoms. The van der Waals surface area contributed by atoms with E-state index in [0.717, 1.165) is 50.5 Å². The summed E-state index contributed by atoms with van der Waals surface area (Å²) >= 11 is 0. The van der Waals surface area contributed by atoms with Crippen LogP contribution in [0.25, 0.3) is 0 Å². The Balaban J connectivity index is 1.44. The second-order valence-corrected chi connectivity index (χ2v) is 9.72. The maximum atomic E-state index is 4.68. The normalized spacial score (nSPS) is 13.8. The Hall–Kier alpha value is -5.64. The average Bonchev–Trinajstić information content (AvgIpc) is 3.03. The number of aromatic nitrogens is 6. The molecule has 3 aromatic heterocycles. The summed E-state index contributed by atoms with van der Waals surface area (Å²) in [6.07, 6.45) is 10.7. The number of nitrogens with zero attached hydrogens (tertiary/aromatic N) is 9. The zero-order chi connectivity index (χ0) is 26.2. The number of anilines is 9. The fourth-order valence-corrected chi connectivity index (χ4v) is 6.37. The number of rotatable bonds is 3. The van der Waals surface area contributed by atoms with Crippen LogP contribution in [0.2, 0.25) is 0 Å². The van der Waals surface area contributed by atoms with E-state index in [-0.39, 0.29) is 6.71 Å². The van der Waals surface area contributed by atoms with Crippen molar-refractivity contribution < 1.29 is 0 Å². The highest BCUT2D eigenvalue weighted by Gasteiger charge is 2.49. The Labute approximate surface area is 229 Å². The minimum atomic E-state index is -0.0245. The summed E-state index contributed by atoms with van der Waals surface area (Å²) < 4.78 is 0. The van der Waals surface area contributed by atoms with Crippen LogP contribution < -0.4 is 31.1 Å². The number of hydrogen-bond acceptors (Lipinski definition) is 9. The zero-order valence-corrected chi connectivity index (χ0v) is 21.0. The highest BCUT2D eigenvalue weighted by Crippen LogP contribution is 2.47. The number of hydrogen-bond donors (Lipinski definition) is 0. The van der Waals surface area contributed by atoms with Crippen LogP contribution in [-0.2, 0) is 0 Å². The smallest absolute Gasteiger partial charge is 0.257 e. The first-order valence-electron chi connectivity index (χ1n) is 13.0. The quantitative estimate of drug-likeness (QED) is 0.325. The third kappa shape index (κ3) is 2.71. The molecule has 0 spiro atoms. The van der Waals surface area contributed by atoms with Gasteiger partial charge in [-0.3, -0.25) is 14.7 Å². The van der Waals surface area contributed by atoms with E-state index >= 15 is 0 Å². The van der Waals surface area contributed by atoms with Gasteiger partial charge in [0.25, 0.3) is 6.71 Å². The molecule has 0 saturated heterocycles. The lowest BCUT2D eigenvalue weighted by Gasteiger charge is -2.47. The van der Waals surface area contributed by atoms with Gasteiger partial charge in [-0.1, -0.05) is 18.2 Å². The molecule has 0 atom stereocenters. The molecule has 0 bridgehead atoms. The Morgan fingerprint density at radius 2 is 0.600 bits per heavy atom. The van der Waals surface area contributed by atoms with Crippen molar-refractivity contribution in [1.29, 1.82) is 0 Å². The van der Waals surface area contributed by atoms with Gasteiger partial charge in [0.15, 0.2) is 0 Å². The molecule has 6 aromatic rings. The van der Waals surface area contributed by atoms with E-state index in [1.54, 1.807) is 37.2 Å². The van der Waals surface area contributed by atoms with E-state index < -0.39 is 0 Å². The summed E-state index contributed by atoms with van der Waals surface area (Å²) in [4.78, 5) is 34.5. The molecule has 0 saturated carbocycles. The predicted octanol–water partition coefficient (Wildman–Crippen LogP) is 3.92. The molecular formula is C30H18BN9. The van der Waals surface area contributed by atoms with Gasteiger partial charge >= 0.3 is 0 Å². The highest BCUT2D eigenvalue weighted by molar-refractivity contribution is 7.02. The fraction of sp³-hybridized carbons (Fsp3) is 0. The van der Waals surface area contributed by atoms with Crippen molar-refractivity contribution in [3.63, 3.8) is 0 Å². The van der Waals surface area contributed by atoms with Crippen molar-refractivity contribution in [2.24, 2.45) is 0 Å². The minimum Gasteiger partial charge on any atom is -0.280 e. The second-order valence-electron chi connectivity index (χ2n) is 9.72. The van der Waals surface area contributed by atoms with Crippen molar-refractivity contribution in [3.8, 4) is 0 Å². The standard InChI is InChI=1S/C30H18BN9/c1-7-19-25-20(8-1)39(29-34-15-5-16-35-29)22-10-3-12-24-27(22)31(25)26-21(38(19)28-32-13-4-14-33-28)9-2-11-23(26)40(24)30-36-17-6-18-37-30/h1-18H. The molecule has 0 aliphatic carbocycles. The molecule has 40 heavy (non-hydrogen) atoms. The maximum absolute atomic E-state index is 4.68. The molecule has 9 nitrogen and oxygen atoms in total. The molecular weight excluding hydrogens is 497 g/mol. The Morgan fingerprint density at radius 1 is 0.350 bits per heavy atom. The lowest BCUT2D eigenvalue weighted by molar-refractivity contribution is 1.06. The molecule has 0 radical (unpaired) electrons. The molecule has 9 rings (SSSR count). The summed E-state index contributed by atoms with van der Waals surface area (Å²) in [5, 5.41) is 0. The van der Waals surface area contributed by atoms with Crippen LogP contribution in [0.1, 0.15) is 0 Å². The van der Waals surface area contributed by atoms with Crippen LogP contribution >= 0.6 is 0 Å². The molecule has 0 amide bonds. The molecule has 0 fully saturated rings. The lowest BCUT2D eigenvalue weighted by Crippen LogP contribution is -2.65. The lowest BCUT2D eigenvalue weighted by atomic mass is 9.32. The first-order valence-corrected chi connectivity index (χ1v) is 13.0. The van der Waals surface area contributed by atoms with Gasteiger partial charge in [0.2, 0.25) is 17.8 Å². The second kappa shape index (κ2) is 7.94. The van der Waals surface area contributed by atoms with Gasteiger partial charge in [0.1, 0.15) is 0 Å². The largest absolute Gasteiger partial charge is 0.280 e. The maximum Gasteiger partial charge on any atom is 0.257 e. The summed E-state index contributed by atoms with van der Waals surface area (Å²) in [5.74, 6) is 1.83. The van der Waals surface area contributed by atoms with E-state index in [1.165, 1.54) is 0 Å². The molecule has 6 heterocycles. The van der Waals surface area contributed by atoms with Crippen LogP contribution in [-0.4, -0.2) is 36.6 Å². The van der Waals surface area contributed by atoms with E-state index in [2.05, 4.69) is 99.2 Å². The van der Waals surface area contributed by atoms with E-state index in [0.29, 0.717) is 17.8 Å². The van der Waals surface area contributed by atoms with Crippen molar-refractivity contribution in [3.05, 3.63) is 110 Å². The Bertz CT molecular complexity index is 1640. The van der Waals surface area contributed by atoms with E-state index in [1.807, 2.05) is 18.2 Å². The van der Waals surface area contributed by atoms with Crippen molar-refractivity contribution in [2.75, 3.05) is 14.7 Å². The summed E-state index contributed by atoms with van der Waals surface area (Å²) in [5.41, 5.74) is 9.68. The van der Waals surface area contributed by atoms with Crippen LogP contribution in [0.15, 0.2) is 110 Å². The Morgan fingerprint density at radius 3 is 0.850 bits per heavy atom. The first kappa shape index (κ1) is 21.3. The van der Waals surface area contributed by atoms with Crippen LogP contribution in [0, 0.1) is 0 Å². The van der Waals surface area contributed by atoms with Gasteiger partial charge in [0.05, 0.1) is 0 Å². The zero-order valence-electron chi connectivity index (χ0n) is 21.0. The monoisotopic (exact) mass is 515 g/mol. The highest BCUT2D eigenvalue weighted by atomic mass is 15.3. The topological polar surface area (TPSA) is 87.1 Å². The molecule has 0 unspecified atom stereocenters. The minimum absolute atomic E-state index is 0.0245. The Kier molecular flexibility index (Phi) is 4.23. The predicted molar refractivity (Wildman–Crippen MR) is 155 cm³/mol. The van der Waals surface area contributed by atoms with Crippen molar-refractivity contribution >= 4 is 75.1 Å². The van der Waals surface area contributed by atoms with Gasteiger partial charge in [-0.15, -0.1) is 0 Å². The van der Waals surface area contributed by atoms with Gasteiger partial charge in [-0.25, -0.2) is 29.9 Å². The van der Waals surface area contributed by atoms with Crippen LogP contribution in [0.3, 0.4) is 0 Å². The van der Waals surface area contributed by atoms with Crippen molar-refractivity contribution in [1.82, 2.24) is 29.9 Å². The molecule has 3 aromatic carbocycles. The third-order valence-corrected chi connectivity index (χ3v) is 7.75. The van der Waals surface area contributed by atoms with Crippen LogP contribution in [0.5, 0.6) is 0 Å². The summed E-state index contributed by atoms with van der Waals surface area (Å²) in [6, 6.07) is 24.6. The first-order chi connectivity index (χ1) is 19.9. The van der Waals surface area contributed by atoms with E-state index in [4.69, 9.17) is 0 Å². The van der Waals surface area contributed by atoms with Gasteiger partial charge < -0.3 is 0 Å². The van der Waals surface area contributed by atoms with Gasteiger partial charge in [-0.05, 0) is 71.0 Å². The molecule has 186 valence electrons. The van der Waals surface area contributed by atoms with Crippen LogP contribution in [0.4, 0.5) is 52.0 Å².